The van der Waals surface area contributed by atoms with Crippen LogP contribution >= 0.6 is 0 Å². The lowest BCUT2D eigenvalue weighted by Gasteiger charge is -2.23. The van der Waals surface area contributed by atoms with Crippen molar-refractivity contribution in [2.75, 3.05) is 0 Å². The van der Waals surface area contributed by atoms with Gasteiger partial charge in [-0.25, -0.2) is 0 Å². The summed E-state index contributed by atoms with van der Waals surface area (Å²) in [6, 6.07) is 0. The Labute approximate surface area is 78.1 Å². The summed E-state index contributed by atoms with van der Waals surface area (Å²) in [5.74, 6) is 0.836. The zero-order valence-electron chi connectivity index (χ0n) is 7.60. The van der Waals surface area contributed by atoms with Crippen LogP contribution in [-0.4, -0.2) is 6.29 Å². The Hall–Kier alpha value is -1.37. The molecule has 66 valence electrons. The fourth-order valence-electron chi connectivity index (χ4n) is 1.79. The predicted octanol–water partition coefficient (Wildman–Crippen LogP) is 2.43. The van der Waals surface area contributed by atoms with Crippen LogP contribution in [0.4, 0.5) is 0 Å². The van der Waals surface area contributed by atoms with E-state index in [0.717, 1.165) is 11.9 Å². The van der Waals surface area contributed by atoms with Gasteiger partial charge in [-0.1, -0.05) is 42.0 Å². The Morgan fingerprint density at radius 3 is 2.62 bits per heavy atom. The molecule has 0 aromatic heterocycles. The van der Waals surface area contributed by atoms with E-state index in [-0.39, 0.29) is 0 Å². The van der Waals surface area contributed by atoms with Crippen LogP contribution in [0.5, 0.6) is 0 Å². The summed E-state index contributed by atoms with van der Waals surface area (Å²) >= 11 is 0. The van der Waals surface area contributed by atoms with Crippen molar-refractivity contribution in [3.8, 4) is 0 Å². The Bertz CT molecular complexity index is 342. The molecular weight excluding hydrogens is 160 g/mol. The third kappa shape index (κ3) is 1.55. The number of fused-ring (bicyclic) bond motifs is 1. The fourth-order valence-corrected chi connectivity index (χ4v) is 1.79. The number of rotatable bonds is 1. The normalized spacial score (nSPS) is 30.5. The van der Waals surface area contributed by atoms with Gasteiger partial charge in [0.15, 0.2) is 0 Å². The van der Waals surface area contributed by atoms with Crippen molar-refractivity contribution in [1.29, 1.82) is 0 Å². The van der Waals surface area contributed by atoms with E-state index >= 15 is 0 Å². The Morgan fingerprint density at radius 1 is 1.15 bits per heavy atom. The van der Waals surface area contributed by atoms with Crippen LogP contribution in [0.3, 0.4) is 0 Å². The largest absolute Gasteiger partial charge is 0.298 e. The van der Waals surface area contributed by atoms with Crippen molar-refractivity contribution < 1.29 is 4.79 Å². The summed E-state index contributed by atoms with van der Waals surface area (Å²) in [4.78, 5) is 10.5. The van der Waals surface area contributed by atoms with Gasteiger partial charge in [-0.05, 0) is 6.92 Å². The molecule has 0 aliphatic heterocycles. The molecule has 0 saturated heterocycles. The maximum absolute atomic E-state index is 10.5. The molecule has 2 aliphatic carbocycles. The number of carbonyl (C=O) groups excluding carboxylic acids is 1. The third-order valence-electron chi connectivity index (χ3n) is 2.51. The highest BCUT2D eigenvalue weighted by Crippen LogP contribution is 2.29. The highest BCUT2D eigenvalue weighted by atomic mass is 16.1. The molecule has 0 radical (unpaired) electrons. The summed E-state index contributed by atoms with van der Waals surface area (Å²) in [5, 5.41) is 0. The lowest BCUT2D eigenvalue weighted by molar-refractivity contribution is -0.104. The first kappa shape index (κ1) is 8.24. The van der Waals surface area contributed by atoms with Gasteiger partial charge in [0.25, 0.3) is 0 Å². The molecule has 0 heterocycles. The number of carbonyl (C=O) groups is 1. The minimum Gasteiger partial charge on any atom is -0.298 e. The average molecular weight is 172 g/mol. The molecule has 0 saturated carbocycles. The van der Waals surface area contributed by atoms with Crippen LogP contribution in [0.15, 0.2) is 47.6 Å². The Morgan fingerprint density at radius 2 is 1.85 bits per heavy atom. The second kappa shape index (κ2) is 3.17. The van der Waals surface area contributed by atoms with E-state index in [4.69, 9.17) is 0 Å². The predicted molar refractivity (Wildman–Crippen MR) is 53.2 cm³/mol. The summed E-state index contributed by atoms with van der Waals surface area (Å²) in [6.45, 7) is 2.10. The van der Waals surface area contributed by atoms with Gasteiger partial charge in [-0.15, -0.1) is 0 Å². The summed E-state index contributed by atoms with van der Waals surface area (Å²) in [5.41, 5.74) is 2.09. The molecule has 0 aromatic rings. The lowest BCUT2D eigenvalue weighted by Crippen LogP contribution is -2.13. The second-order valence-electron chi connectivity index (χ2n) is 3.57. The first-order valence-electron chi connectivity index (χ1n) is 4.51. The molecule has 0 fully saturated rings. The fraction of sp³-hybridized carbons (Fsp3) is 0.250. The molecule has 2 unspecified atom stereocenters. The van der Waals surface area contributed by atoms with E-state index in [0.29, 0.717) is 11.8 Å². The maximum Gasteiger partial charge on any atom is 0.149 e. The zero-order chi connectivity index (χ0) is 9.26. The molecule has 0 bridgehead atoms. The standard InChI is InChI=1S/C12H12O/c1-9-2-4-12-7-10(8-13)3-5-11(12)6-9/h2-8,11-12H,1H3. The van der Waals surface area contributed by atoms with Gasteiger partial charge < -0.3 is 0 Å². The van der Waals surface area contributed by atoms with Crippen LogP contribution < -0.4 is 0 Å². The molecule has 13 heavy (non-hydrogen) atoms. The van der Waals surface area contributed by atoms with Crippen molar-refractivity contribution in [1.82, 2.24) is 0 Å². The van der Waals surface area contributed by atoms with Crippen LogP contribution in [-0.2, 0) is 4.79 Å². The van der Waals surface area contributed by atoms with Gasteiger partial charge in [0.05, 0.1) is 0 Å². The van der Waals surface area contributed by atoms with E-state index in [1.165, 1.54) is 5.57 Å². The molecule has 2 aliphatic rings. The highest BCUT2D eigenvalue weighted by Gasteiger charge is 2.18. The maximum atomic E-state index is 10.5. The van der Waals surface area contributed by atoms with E-state index in [1.54, 1.807) is 0 Å². The molecule has 0 N–H and O–H groups in total. The molecule has 2 rings (SSSR count). The smallest absolute Gasteiger partial charge is 0.149 e. The number of hydrogen-bond donors (Lipinski definition) is 0. The van der Waals surface area contributed by atoms with Crippen molar-refractivity contribution in [3.63, 3.8) is 0 Å². The van der Waals surface area contributed by atoms with Crippen LogP contribution in [0, 0.1) is 11.8 Å². The van der Waals surface area contributed by atoms with Crippen molar-refractivity contribution >= 4 is 6.29 Å². The minimum absolute atomic E-state index is 0.383. The van der Waals surface area contributed by atoms with Crippen LogP contribution in [0.2, 0.25) is 0 Å². The molecular formula is C12H12O. The highest BCUT2D eigenvalue weighted by molar-refractivity contribution is 5.78. The zero-order valence-corrected chi connectivity index (χ0v) is 7.60. The molecule has 2 atom stereocenters. The molecule has 1 heteroatoms. The summed E-state index contributed by atoms with van der Waals surface area (Å²) in [7, 11) is 0. The molecule has 1 nitrogen and oxygen atoms in total. The molecule has 0 spiro atoms. The number of hydrogen-bond acceptors (Lipinski definition) is 1. The van der Waals surface area contributed by atoms with Crippen LogP contribution in [0.25, 0.3) is 0 Å². The first-order valence-corrected chi connectivity index (χ1v) is 4.51. The monoisotopic (exact) mass is 172 g/mol. The van der Waals surface area contributed by atoms with Crippen molar-refractivity contribution in [2.45, 2.75) is 6.92 Å². The van der Waals surface area contributed by atoms with Gasteiger partial charge in [0, 0.05) is 17.4 Å². The van der Waals surface area contributed by atoms with Gasteiger partial charge in [0.2, 0.25) is 0 Å². The molecule has 0 aromatic carbocycles. The van der Waals surface area contributed by atoms with Gasteiger partial charge >= 0.3 is 0 Å². The van der Waals surface area contributed by atoms with E-state index in [1.807, 2.05) is 12.2 Å². The van der Waals surface area contributed by atoms with E-state index in [9.17, 15) is 4.79 Å². The van der Waals surface area contributed by atoms with Crippen molar-refractivity contribution in [2.24, 2.45) is 11.8 Å². The van der Waals surface area contributed by atoms with Gasteiger partial charge in [-0.3, -0.25) is 4.79 Å². The molecule has 0 amide bonds. The topological polar surface area (TPSA) is 17.1 Å². The Kier molecular flexibility index (Phi) is 2.01. The van der Waals surface area contributed by atoms with E-state index in [2.05, 4.69) is 31.2 Å². The summed E-state index contributed by atoms with van der Waals surface area (Å²) < 4.78 is 0. The van der Waals surface area contributed by atoms with Gasteiger partial charge in [-0.2, -0.15) is 0 Å². The average Bonchev–Trinajstić information content (AvgIpc) is 2.17. The summed E-state index contributed by atoms with van der Waals surface area (Å²) in [6.07, 6.45) is 13.4. The number of aldehydes is 1. The SMILES string of the molecule is CC1=CC2C=CC(C=O)=CC2C=C1. The van der Waals surface area contributed by atoms with Crippen LogP contribution in [0.1, 0.15) is 6.92 Å². The van der Waals surface area contributed by atoms with Crippen molar-refractivity contribution in [3.05, 3.63) is 47.6 Å². The number of allylic oxidation sites excluding steroid dienone is 8. The van der Waals surface area contributed by atoms with Gasteiger partial charge in [0.1, 0.15) is 6.29 Å². The Balaban J connectivity index is 2.28. The second-order valence-corrected chi connectivity index (χ2v) is 3.57. The quantitative estimate of drug-likeness (QED) is 0.555. The van der Waals surface area contributed by atoms with E-state index < -0.39 is 0 Å². The third-order valence-corrected chi connectivity index (χ3v) is 2.51. The lowest BCUT2D eigenvalue weighted by atomic mass is 9.81. The minimum atomic E-state index is 0.383. The first-order chi connectivity index (χ1) is 6.29.